The lowest BCUT2D eigenvalue weighted by Crippen LogP contribution is -2.49. The number of methoxy groups -OCH3 is 1. The van der Waals surface area contributed by atoms with Crippen LogP contribution in [-0.4, -0.2) is 68.1 Å². The van der Waals surface area contributed by atoms with Gasteiger partial charge in [0.2, 0.25) is 0 Å². The minimum Gasteiger partial charge on any atom is -0.490 e. The summed E-state index contributed by atoms with van der Waals surface area (Å²) in [7, 11) is 3.66. The number of hydrogen-bond donors (Lipinski definition) is 1. The van der Waals surface area contributed by atoms with Crippen molar-refractivity contribution < 1.29 is 9.66 Å². The van der Waals surface area contributed by atoms with Crippen LogP contribution in [0.25, 0.3) is 0 Å². The topological polar surface area (TPSA) is 70.9 Å². The Morgan fingerprint density at radius 3 is 2.68 bits per heavy atom. The van der Waals surface area contributed by atoms with Crippen LogP contribution in [0.1, 0.15) is 24.4 Å². The Morgan fingerprint density at radius 1 is 1.32 bits per heavy atom. The number of likely N-dealkylation sites (N-methyl/N-ethyl adjacent to an activating group) is 1. The quantitative estimate of drug-likeness (QED) is 0.647. The van der Waals surface area contributed by atoms with Crippen molar-refractivity contribution in [2.24, 2.45) is 5.92 Å². The second-order valence-electron chi connectivity index (χ2n) is 7.08. The van der Waals surface area contributed by atoms with Crippen molar-refractivity contribution in [2.45, 2.75) is 18.9 Å². The van der Waals surface area contributed by atoms with Gasteiger partial charge in [-0.25, -0.2) is 0 Å². The summed E-state index contributed by atoms with van der Waals surface area (Å²) >= 11 is 0. The SMILES string of the molecule is COc1cc([C@@H](C2CCCNC2)N2CCN(C)CC2)ccc1[N+](=O)[O-]. The highest BCUT2D eigenvalue weighted by molar-refractivity contribution is 5.49. The van der Waals surface area contributed by atoms with Crippen LogP contribution in [0, 0.1) is 16.0 Å². The molecule has 1 N–H and O–H groups in total. The fourth-order valence-electron chi connectivity index (χ4n) is 4.06. The third-order valence-corrected chi connectivity index (χ3v) is 5.45. The Hall–Kier alpha value is -1.70. The molecule has 138 valence electrons. The van der Waals surface area contributed by atoms with Gasteiger partial charge in [-0.2, -0.15) is 0 Å². The van der Waals surface area contributed by atoms with Crippen LogP contribution in [0.4, 0.5) is 5.69 Å². The third kappa shape index (κ3) is 4.11. The Kier molecular flexibility index (Phi) is 5.88. The van der Waals surface area contributed by atoms with Crippen LogP contribution >= 0.6 is 0 Å². The average molecular weight is 348 g/mol. The standard InChI is InChI=1S/C18H28N4O3/c1-20-8-10-21(11-9-20)18(15-4-3-7-19-13-15)14-5-6-16(22(23)24)17(12-14)25-2/h5-6,12,15,18-19H,3-4,7-11,13H2,1-2H3/t15?,18-/m0/s1. The Balaban J connectivity index is 1.91. The summed E-state index contributed by atoms with van der Waals surface area (Å²) in [5.41, 5.74) is 1.16. The van der Waals surface area contributed by atoms with E-state index in [0.717, 1.165) is 44.8 Å². The molecule has 0 spiro atoms. The van der Waals surface area contributed by atoms with Crippen molar-refractivity contribution in [1.82, 2.24) is 15.1 Å². The van der Waals surface area contributed by atoms with Gasteiger partial charge in [0, 0.05) is 38.3 Å². The van der Waals surface area contributed by atoms with Gasteiger partial charge in [-0.15, -0.1) is 0 Å². The van der Waals surface area contributed by atoms with E-state index in [1.54, 1.807) is 6.07 Å². The average Bonchev–Trinajstić information content (AvgIpc) is 2.64. The second-order valence-corrected chi connectivity index (χ2v) is 7.08. The highest BCUT2D eigenvalue weighted by Crippen LogP contribution is 2.37. The number of benzene rings is 1. The summed E-state index contributed by atoms with van der Waals surface area (Å²) in [6.45, 7) is 6.24. The zero-order chi connectivity index (χ0) is 17.8. The predicted molar refractivity (Wildman–Crippen MR) is 97.1 cm³/mol. The number of piperazine rings is 1. The number of rotatable bonds is 5. The number of piperidine rings is 1. The van der Waals surface area contributed by atoms with Crippen LogP contribution < -0.4 is 10.1 Å². The van der Waals surface area contributed by atoms with Gasteiger partial charge in [-0.05, 0) is 50.5 Å². The first-order valence-corrected chi connectivity index (χ1v) is 9.06. The summed E-state index contributed by atoms with van der Waals surface area (Å²) in [4.78, 5) is 15.7. The molecule has 7 heteroatoms. The van der Waals surface area contributed by atoms with Gasteiger partial charge in [-0.1, -0.05) is 6.07 Å². The maximum Gasteiger partial charge on any atom is 0.310 e. The van der Waals surface area contributed by atoms with E-state index >= 15 is 0 Å². The molecule has 1 aromatic rings. The third-order valence-electron chi connectivity index (χ3n) is 5.45. The molecular weight excluding hydrogens is 320 g/mol. The van der Waals surface area contributed by atoms with Gasteiger partial charge in [-0.3, -0.25) is 15.0 Å². The van der Waals surface area contributed by atoms with E-state index in [1.165, 1.54) is 20.0 Å². The first kappa shape index (κ1) is 18.1. The molecule has 3 rings (SSSR count). The van der Waals surface area contributed by atoms with Crippen molar-refractivity contribution in [3.8, 4) is 5.75 Å². The number of nitrogens with zero attached hydrogens (tertiary/aromatic N) is 3. The van der Waals surface area contributed by atoms with Gasteiger partial charge in [0.1, 0.15) is 0 Å². The highest BCUT2D eigenvalue weighted by Gasteiger charge is 2.32. The molecule has 1 unspecified atom stereocenters. The molecule has 2 saturated heterocycles. The molecule has 2 heterocycles. The van der Waals surface area contributed by atoms with Gasteiger partial charge >= 0.3 is 5.69 Å². The van der Waals surface area contributed by atoms with Crippen molar-refractivity contribution in [3.63, 3.8) is 0 Å². The summed E-state index contributed by atoms with van der Waals surface area (Å²) < 4.78 is 5.31. The summed E-state index contributed by atoms with van der Waals surface area (Å²) in [6.07, 6.45) is 2.36. The summed E-state index contributed by atoms with van der Waals surface area (Å²) in [5.74, 6) is 0.869. The van der Waals surface area contributed by atoms with Crippen LogP contribution in [0.3, 0.4) is 0 Å². The molecule has 7 nitrogen and oxygen atoms in total. The monoisotopic (exact) mass is 348 g/mol. The Morgan fingerprint density at radius 2 is 2.08 bits per heavy atom. The Labute approximate surface area is 149 Å². The molecule has 0 aromatic heterocycles. The lowest BCUT2D eigenvalue weighted by atomic mass is 9.85. The molecule has 25 heavy (non-hydrogen) atoms. The van der Waals surface area contributed by atoms with E-state index in [0.29, 0.717) is 11.7 Å². The minimum absolute atomic E-state index is 0.0325. The minimum atomic E-state index is -0.379. The van der Waals surface area contributed by atoms with Crippen LogP contribution in [0.5, 0.6) is 5.75 Å². The summed E-state index contributed by atoms with van der Waals surface area (Å²) in [5, 5.41) is 14.7. The first-order chi connectivity index (χ1) is 12.1. The molecule has 0 radical (unpaired) electrons. The van der Waals surface area contributed by atoms with E-state index in [4.69, 9.17) is 4.74 Å². The van der Waals surface area contributed by atoms with E-state index in [-0.39, 0.29) is 16.7 Å². The number of hydrogen-bond acceptors (Lipinski definition) is 6. The molecular formula is C18H28N4O3. The van der Waals surface area contributed by atoms with E-state index < -0.39 is 0 Å². The lowest BCUT2D eigenvalue weighted by Gasteiger charge is -2.43. The van der Waals surface area contributed by atoms with Gasteiger partial charge in [0.15, 0.2) is 5.75 Å². The number of ether oxygens (including phenoxy) is 1. The number of nitro groups is 1. The molecule has 2 aliphatic heterocycles. The molecule has 0 aliphatic carbocycles. The predicted octanol–water partition coefficient (Wildman–Crippen LogP) is 1.89. The Bertz CT molecular complexity index is 596. The normalized spacial score (nSPS) is 24.0. The molecule has 1 aromatic carbocycles. The molecule has 0 bridgehead atoms. The maximum atomic E-state index is 11.2. The lowest BCUT2D eigenvalue weighted by molar-refractivity contribution is -0.385. The van der Waals surface area contributed by atoms with Crippen molar-refractivity contribution in [2.75, 3.05) is 53.4 Å². The maximum absolute atomic E-state index is 11.2. The summed E-state index contributed by atoms with van der Waals surface area (Å²) in [6, 6.07) is 5.65. The van der Waals surface area contributed by atoms with Gasteiger partial charge in [0.05, 0.1) is 12.0 Å². The molecule has 2 fully saturated rings. The molecule has 0 amide bonds. The fraction of sp³-hybridized carbons (Fsp3) is 0.667. The molecule has 0 saturated carbocycles. The molecule has 2 aliphatic rings. The smallest absolute Gasteiger partial charge is 0.310 e. The largest absolute Gasteiger partial charge is 0.490 e. The van der Waals surface area contributed by atoms with Crippen LogP contribution in [0.2, 0.25) is 0 Å². The van der Waals surface area contributed by atoms with E-state index in [9.17, 15) is 10.1 Å². The van der Waals surface area contributed by atoms with Crippen LogP contribution in [-0.2, 0) is 0 Å². The highest BCUT2D eigenvalue weighted by atomic mass is 16.6. The fourth-order valence-corrected chi connectivity index (χ4v) is 4.06. The van der Waals surface area contributed by atoms with Crippen molar-refractivity contribution in [3.05, 3.63) is 33.9 Å². The first-order valence-electron chi connectivity index (χ1n) is 9.06. The van der Waals surface area contributed by atoms with Gasteiger partial charge in [0.25, 0.3) is 0 Å². The second kappa shape index (κ2) is 8.12. The molecule has 2 atom stereocenters. The number of nitro benzene ring substituents is 1. The number of nitrogens with one attached hydrogen (secondary N) is 1. The van der Waals surface area contributed by atoms with Crippen molar-refractivity contribution >= 4 is 5.69 Å². The van der Waals surface area contributed by atoms with E-state index in [2.05, 4.69) is 22.2 Å². The van der Waals surface area contributed by atoms with E-state index in [1.807, 2.05) is 12.1 Å². The van der Waals surface area contributed by atoms with Gasteiger partial charge < -0.3 is 15.0 Å². The van der Waals surface area contributed by atoms with Crippen molar-refractivity contribution in [1.29, 1.82) is 0 Å². The zero-order valence-corrected chi connectivity index (χ0v) is 15.1. The zero-order valence-electron chi connectivity index (χ0n) is 15.1. The van der Waals surface area contributed by atoms with Crippen LogP contribution in [0.15, 0.2) is 18.2 Å².